The van der Waals surface area contributed by atoms with Crippen LogP contribution in [0.15, 0.2) is 48.7 Å². The van der Waals surface area contributed by atoms with Crippen molar-refractivity contribution in [3.8, 4) is 0 Å². The molecule has 0 aliphatic carbocycles. The molecule has 1 unspecified atom stereocenters. The predicted molar refractivity (Wildman–Crippen MR) is 117 cm³/mol. The molecule has 1 aromatic carbocycles. The first-order valence-corrected chi connectivity index (χ1v) is 10.5. The van der Waals surface area contributed by atoms with Crippen LogP contribution in [0.1, 0.15) is 24.6 Å². The lowest BCUT2D eigenvalue weighted by atomic mass is 10.0. The van der Waals surface area contributed by atoms with Crippen LogP contribution in [0.2, 0.25) is 0 Å². The van der Waals surface area contributed by atoms with E-state index in [-0.39, 0.29) is 0 Å². The molecule has 150 valence electrons. The number of nitrogens with one attached hydrogen (secondary N) is 1. The van der Waals surface area contributed by atoms with Crippen LogP contribution in [-0.4, -0.2) is 48.9 Å². The second-order valence-corrected chi connectivity index (χ2v) is 7.65. The summed E-state index contributed by atoms with van der Waals surface area (Å²) >= 11 is 0. The minimum atomic E-state index is 0.396. The maximum Gasteiger partial charge on any atom is 0.228 e. The molecule has 0 saturated carbocycles. The highest BCUT2D eigenvalue weighted by Crippen LogP contribution is 2.38. The number of fused-ring (bicyclic) bond motifs is 1. The van der Waals surface area contributed by atoms with Gasteiger partial charge in [0.25, 0.3) is 0 Å². The summed E-state index contributed by atoms with van der Waals surface area (Å²) in [7, 11) is 0. The smallest absolute Gasteiger partial charge is 0.228 e. The quantitative estimate of drug-likeness (QED) is 0.866. The summed E-state index contributed by atoms with van der Waals surface area (Å²) in [5.74, 6) is 1.84. The molecule has 1 saturated heterocycles. The molecule has 0 spiro atoms. The first-order valence-electron chi connectivity index (χ1n) is 10.5. The van der Waals surface area contributed by atoms with Gasteiger partial charge >= 0.3 is 0 Å². The van der Waals surface area contributed by atoms with Gasteiger partial charge in [-0.25, -0.2) is 4.98 Å². The summed E-state index contributed by atoms with van der Waals surface area (Å²) in [6, 6.07) is 10.9. The molecule has 6 nitrogen and oxygen atoms in total. The van der Waals surface area contributed by atoms with E-state index in [1.165, 1.54) is 11.3 Å². The Balaban J connectivity index is 1.58. The number of para-hydroxylation sites is 1. The van der Waals surface area contributed by atoms with Gasteiger partial charge in [0.1, 0.15) is 5.82 Å². The largest absolute Gasteiger partial charge is 0.384 e. The van der Waals surface area contributed by atoms with Crippen LogP contribution >= 0.6 is 0 Å². The van der Waals surface area contributed by atoms with E-state index in [4.69, 9.17) is 14.7 Å². The van der Waals surface area contributed by atoms with E-state index in [0.717, 1.165) is 68.7 Å². The van der Waals surface area contributed by atoms with Gasteiger partial charge in [0, 0.05) is 48.7 Å². The Morgan fingerprint density at radius 3 is 2.66 bits per heavy atom. The van der Waals surface area contributed by atoms with Gasteiger partial charge in [-0.2, -0.15) is 4.98 Å². The van der Waals surface area contributed by atoms with Gasteiger partial charge in [0.15, 0.2) is 0 Å². The van der Waals surface area contributed by atoms with Gasteiger partial charge in [-0.15, -0.1) is 0 Å². The molecule has 1 aromatic heterocycles. The fourth-order valence-corrected chi connectivity index (χ4v) is 4.17. The fraction of sp³-hybridized carbons (Fsp3) is 0.391. The zero-order valence-corrected chi connectivity index (χ0v) is 16.8. The Kier molecular flexibility index (Phi) is 4.94. The van der Waals surface area contributed by atoms with E-state index in [0.29, 0.717) is 6.04 Å². The molecule has 29 heavy (non-hydrogen) atoms. The minimum Gasteiger partial charge on any atom is -0.384 e. The van der Waals surface area contributed by atoms with Crippen molar-refractivity contribution in [1.82, 2.24) is 15.3 Å². The van der Waals surface area contributed by atoms with Crippen LogP contribution in [-0.2, 0) is 11.2 Å². The Bertz CT molecular complexity index is 934. The molecule has 2 aromatic rings. The molecule has 0 amide bonds. The summed E-state index contributed by atoms with van der Waals surface area (Å²) in [6.45, 7) is 6.22. The third-order valence-corrected chi connectivity index (χ3v) is 5.85. The molecule has 5 rings (SSSR count). The van der Waals surface area contributed by atoms with Gasteiger partial charge < -0.3 is 19.9 Å². The maximum absolute atomic E-state index is 5.53. The van der Waals surface area contributed by atoms with E-state index < -0.39 is 0 Å². The first-order chi connectivity index (χ1) is 14.3. The Morgan fingerprint density at radius 2 is 1.93 bits per heavy atom. The normalized spacial score (nSPS) is 21.0. The maximum atomic E-state index is 5.53. The summed E-state index contributed by atoms with van der Waals surface area (Å²) < 4.78 is 5.53. The number of dihydropyridines is 1. The SMILES string of the molecule is CCC1C=CC(c2nc(N3CCOCC3)nc3c2CCN3c2ccccc2)=CN1. The number of nitrogens with zero attached hydrogens (tertiary/aromatic N) is 4. The van der Waals surface area contributed by atoms with Gasteiger partial charge in [0.05, 0.1) is 18.9 Å². The van der Waals surface area contributed by atoms with E-state index in [1.54, 1.807) is 0 Å². The second kappa shape index (κ2) is 7.87. The number of anilines is 3. The van der Waals surface area contributed by atoms with E-state index in [2.05, 4.69) is 70.7 Å². The molecule has 0 bridgehead atoms. The summed E-state index contributed by atoms with van der Waals surface area (Å²) in [4.78, 5) is 14.6. The number of aromatic nitrogens is 2. The highest BCUT2D eigenvalue weighted by Gasteiger charge is 2.29. The van der Waals surface area contributed by atoms with Crippen molar-refractivity contribution in [3.05, 3.63) is 59.9 Å². The third-order valence-electron chi connectivity index (χ3n) is 5.85. The van der Waals surface area contributed by atoms with Crippen LogP contribution in [0.4, 0.5) is 17.5 Å². The minimum absolute atomic E-state index is 0.396. The molecule has 0 radical (unpaired) electrons. The second-order valence-electron chi connectivity index (χ2n) is 7.65. The highest BCUT2D eigenvalue weighted by molar-refractivity contribution is 5.80. The van der Waals surface area contributed by atoms with Gasteiger partial charge in [-0.3, -0.25) is 0 Å². The Hall–Kier alpha value is -2.86. The van der Waals surface area contributed by atoms with Crippen LogP contribution in [0, 0.1) is 0 Å². The third kappa shape index (κ3) is 3.49. The van der Waals surface area contributed by atoms with Crippen molar-refractivity contribution in [3.63, 3.8) is 0 Å². The van der Waals surface area contributed by atoms with Crippen LogP contribution in [0.5, 0.6) is 0 Å². The van der Waals surface area contributed by atoms with E-state index >= 15 is 0 Å². The average Bonchev–Trinajstić information content (AvgIpc) is 3.24. The summed E-state index contributed by atoms with van der Waals surface area (Å²) in [5.41, 5.74) is 4.60. The molecular weight excluding hydrogens is 362 g/mol. The van der Waals surface area contributed by atoms with E-state index in [1.807, 2.05) is 0 Å². The number of morpholine rings is 1. The molecule has 6 heteroatoms. The summed E-state index contributed by atoms with van der Waals surface area (Å²) in [5, 5.41) is 3.49. The fourth-order valence-electron chi connectivity index (χ4n) is 4.17. The lowest BCUT2D eigenvalue weighted by Gasteiger charge is -2.29. The topological polar surface area (TPSA) is 53.5 Å². The van der Waals surface area contributed by atoms with Gasteiger partial charge in [-0.1, -0.05) is 37.3 Å². The molecule has 4 heterocycles. The average molecular weight is 390 g/mol. The number of benzene rings is 1. The lowest BCUT2D eigenvalue weighted by molar-refractivity contribution is 0.122. The highest BCUT2D eigenvalue weighted by atomic mass is 16.5. The zero-order chi connectivity index (χ0) is 19.6. The number of hydrogen-bond acceptors (Lipinski definition) is 6. The van der Waals surface area contributed by atoms with Crippen molar-refractivity contribution >= 4 is 23.0 Å². The molecule has 3 aliphatic rings. The molecule has 3 aliphatic heterocycles. The molecule has 1 fully saturated rings. The number of ether oxygens (including phenoxy) is 1. The van der Waals surface area contributed by atoms with Crippen LogP contribution in [0.25, 0.3) is 5.57 Å². The zero-order valence-electron chi connectivity index (χ0n) is 16.8. The van der Waals surface area contributed by atoms with Crippen molar-refractivity contribution in [1.29, 1.82) is 0 Å². The molecule has 1 atom stereocenters. The van der Waals surface area contributed by atoms with Crippen molar-refractivity contribution in [2.45, 2.75) is 25.8 Å². The predicted octanol–water partition coefficient (Wildman–Crippen LogP) is 3.29. The van der Waals surface area contributed by atoms with Crippen molar-refractivity contribution < 1.29 is 4.74 Å². The van der Waals surface area contributed by atoms with Gasteiger partial charge in [-0.05, 0) is 25.0 Å². The first kappa shape index (κ1) is 18.2. The molecular formula is C23H27N5O. The van der Waals surface area contributed by atoms with Crippen LogP contribution in [0.3, 0.4) is 0 Å². The Morgan fingerprint density at radius 1 is 1.10 bits per heavy atom. The van der Waals surface area contributed by atoms with Gasteiger partial charge in [0.2, 0.25) is 5.95 Å². The molecule has 1 N–H and O–H groups in total. The van der Waals surface area contributed by atoms with Crippen LogP contribution < -0.4 is 15.1 Å². The lowest BCUT2D eigenvalue weighted by Crippen LogP contribution is -2.37. The van der Waals surface area contributed by atoms with Crippen molar-refractivity contribution in [2.75, 3.05) is 42.6 Å². The standard InChI is InChI=1S/C23H27N5O/c1-2-18-9-8-17(16-24-18)21-20-10-11-28(19-6-4-3-5-7-19)22(20)26-23(25-21)27-12-14-29-15-13-27/h3-9,16,18,24H,2,10-15H2,1H3. The number of hydrogen-bond donors (Lipinski definition) is 1. The summed E-state index contributed by atoms with van der Waals surface area (Å²) in [6.07, 6.45) is 8.59. The number of rotatable bonds is 4. The monoisotopic (exact) mass is 389 g/mol. The number of allylic oxidation sites excluding steroid dienone is 2. The Labute approximate surface area is 171 Å². The van der Waals surface area contributed by atoms with Crippen molar-refractivity contribution in [2.24, 2.45) is 0 Å². The van der Waals surface area contributed by atoms with E-state index in [9.17, 15) is 0 Å².